The third kappa shape index (κ3) is 5.75. The van der Waals surface area contributed by atoms with Gasteiger partial charge in [-0.2, -0.15) is 0 Å². The number of carboxylic acid groups (broad SMARTS) is 2. The molecule has 0 saturated heterocycles. The van der Waals surface area contributed by atoms with Gasteiger partial charge in [0.15, 0.2) is 0 Å². The molecule has 0 fully saturated rings. The molecule has 11 nitrogen and oxygen atoms in total. The number of imidazole rings is 1. The second kappa shape index (κ2) is 11.6. The van der Waals surface area contributed by atoms with Crippen LogP contribution in [0.2, 0.25) is 0 Å². The van der Waals surface area contributed by atoms with E-state index >= 15 is 0 Å². The SMILES string of the molecule is O=C(c1cc2c([nH]c1=O)CCCC2)N1Cc2[nH]cnc2C(c2cccc(O)c2)C1.O=CO.O=CO. The molecule has 1 atom stereocenters. The Morgan fingerprint density at radius 2 is 1.80 bits per heavy atom. The first kappa shape index (κ1) is 25.2. The van der Waals surface area contributed by atoms with E-state index in [4.69, 9.17) is 19.8 Å². The van der Waals surface area contributed by atoms with E-state index in [2.05, 4.69) is 15.0 Å². The first-order chi connectivity index (χ1) is 16.9. The fourth-order valence-corrected chi connectivity index (χ4v) is 4.48. The lowest BCUT2D eigenvalue weighted by molar-refractivity contribution is -0.123. The number of benzene rings is 1. The lowest BCUT2D eigenvalue weighted by Gasteiger charge is -2.32. The van der Waals surface area contributed by atoms with Crippen LogP contribution in [0.3, 0.4) is 0 Å². The van der Waals surface area contributed by atoms with Gasteiger partial charge < -0.3 is 30.2 Å². The molecule has 2 aliphatic rings. The zero-order valence-corrected chi connectivity index (χ0v) is 18.8. The third-order valence-corrected chi connectivity index (χ3v) is 5.96. The standard InChI is InChI=1S/C22H22N4O3.2CH2O2/c27-15-6-3-5-13(8-15)17-10-26(11-19-20(17)24-12-23-19)22(29)16-9-14-4-1-2-7-18(14)25-21(16)28;2*2-1-3/h3,5-6,8-9,12,17,27H,1-2,4,7,10-11H2,(H,23,24)(H,25,28);2*1H,(H,2,3). The van der Waals surface area contributed by atoms with Gasteiger partial charge in [0.25, 0.3) is 24.4 Å². The number of nitrogens with one attached hydrogen (secondary N) is 2. The lowest BCUT2D eigenvalue weighted by atomic mass is 9.90. The molecule has 0 bridgehead atoms. The van der Waals surface area contributed by atoms with Crippen LogP contribution < -0.4 is 5.56 Å². The normalized spacial score (nSPS) is 15.8. The number of aromatic hydroxyl groups is 1. The molecule has 2 aromatic heterocycles. The molecule has 5 N–H and O–H groups in total. The third-order valence-electron chi connectivity index (χ3n) is 5.96. The van der Waals surface area contributed by atoms with Crippen molar-refractivity contribution in [2.24, 2.45) is 0 Å². The van der Waals surface area contributed by atoms with E-state index in [1.54, 1.807) is 35.5 Å². The molecule has 5 rings (SSSR count). The van der Waals surface area contributed by atoms with Crippen LogP contribution in [0.15, 0.2) is 41.5 Å². The fourth-order valence-electron chi connectivity index (χ4n) is 4.48. The van der Waals surface area contributed by atoms with E-state index in [1.165, 1.54) is 0 Å². The van der Waals surface area contributed by atoms with Crippen LogP contribution in [0.25, 0.3) is 0 Å². The van der Waals surface area contributed by atoms with E-state index in [0.29, 0.717) is 13.1 Å². The Morgan fingerprint density at radius 1 is 1.09 bits per heavy atom. The number of H-pyrrole nitrogens is 2. The fraction of sp³-hybridized carbons (Fsp3) is 0.292. The van der Waals surface area contributed by atoms with E-state index < -0.39 is 0 Å². The summed E-state index contributed by atoms with van der Waals surface area (Å²) in [6.07, 6.45) is 5.52. The number of hydrogen-bond donors (Lipinski definition) is 5. The molecule has 1 aliphatic heterocycles. The summed E-state index contributed by atoms with van der Waals surface area (Å²) in [5.41, 5.74) is 4.53. The van der Waals surface area contributed by atoms with Gasteiger partial charge in [-0.25, -0.2) is 4.98 Å². The van der Waals surface area contributed by atoms with Crippen molar-refractivity contribution in [3.63, 3.8) is 0 Å². The average molecular weight is 482 g/mol. The minimum absolute atomic E-state index is 0.169. The highest BCUT2D eigenvalue weighted by molar-refractivity contribution is 5.94. The van der Waals surface area contributed by atoms with Crippen molar-refractivity contribution in [2.45, 2.75) is 38.1 Å². The molecule has 35 heavy (non-hydrogen) atoms. The number of hydrogen-bond acceptors (Lipinski definition) is 6. The molecular formula is C24H26N4O7. The maximum Gasteiger partial charge on any atom is 0.290 e. The molecule has 1 aromatic carbocycles. The Kier molecular flexibility index (Phi) is 8.38. The van der Waals surface area contributed by atoms with Gasteiger partial charge >= 0.3 is 0 Å². The summed E-state index contributed by atoms with van der Waals surface area (Å²) in [7, 11) is 0. The first-order valence-corrected chi connectivity index (χ1v) is 10.9. The summed E-state index contributed by atoms with van der Waals surface area (Å²) in [6, 6.07) is 8.80. The highest BCUT2D eigenvalue weighted by Crippen LogP contribution is 2.33. The predicted molar refractivity (Wildman–Crippen MR) is 124 cm³/mol. The van der Waals surface area contributed by atoms with Crippen LogP contribution in [0.5, 0.6) is 5.75 Å². The molecule has 0 saturated carbocycles. The first-order valence-electron chi connectivity index (χ1n) is 10.9. The molecule has 1 amide bonds. The highest BCUT2D eigenvalue weighted by Gasteiger charge is 2.33. The maximum absolute atomic E-state index is 13.3. The van der Waals surface area contributed by atoms with Gasteiger partial charge in [-0.3, -0.25) is 19.2 Å². The van der Waals surface area contributed by atoms with Gasteiger partial charge in [0, 0.05) is 18.2 Å². The van der Waals surface area contributed by atoms with Crippen molar-refractivity contribution < 1.29 is 29.7 Å². The van der Waals surface area contributed by atoms with Crippen molar-refractivity contribution in [3.8, 4) is 5.75 Å². The zero-order chi connectivity index (χ0) is 25.4. The minimum Gasteiger partial charge on any atom is -0.508 e. The van der Waals surface area contributed by atoms with E-state index in [-0.39, 0.29) is 41.6 Å². The van der Waals surface area contributed by atoms with Crippen LogP contribution in [-0.4, -0.2) is 60.6 Å². The zero-order valence-electron chi connectivity index (χ0n) is 18.8. The van der Waals surface area contributed by atoms with Crippen LogP contribution >= 0.6 is 0 Å². The van der Waals surface area contributed by atoms with Crippen molar-refractivity contribution >= 4 is 18.9 Å². The Bertz CT molecular complexity index is 1240. The second-order valence-electron chi connectivity index (χ2n) is 8.03. The number of aromatic nitrogens is 3. The van der Waals surface area contributed by atoms with Gasteiger partial charge in [-0.05, 0) is 55.0 Å². The Balaban J connectivity index is 0.000000520. The maximum atomic E-state index is 13.3. The van der Waals surface area contributed by atoms with Gasteiger partial charge in [0.2, 0.25) is 0 Å². The van der Waals surface area contributed by atoms with Gasteiger partial charge in [0.1, 0.15) is 11.3 Å². The van der Waals surface area contributed by atoms with Gasteiger partial charge in [-0.1, -0.05) is 12.1 Å². The van der Waals surface area contributed by atoms with Crippen molar-refractivity contribution in [2.75, 3.05) is 6.54 Å². The number of amides is 1. The molecule has 0 spiro atoms. The van der Waals surface area contributed by atoms with Crippen LogP contribution in [0.1, 0.15) is 57.3 Å². The van der Waals surface area contributed by atoms with Crippen LogP contribution in [-0.2, 0) is 29.0 Å². The quantitative estimate of drug-likeness (QED) is 0.344. The smallest absolute Gasteiger partial charge is 0.290 e. The number of pyridine rings is 1. The molecule has 3 heterocycles. The molecule has 11 heteroatoms. The molecule has 184 valence electrons. The summed E-state index contributed by atoms with van der Waals surface area (Å²) >= 11 is 0. The van der Waals surface area contributed by atoms with Crippen LogP contribution in [0.4, 0.5) is 0 Å². The molecular weight excluding hydrogens is 456 g/mol. The largest absolute Gasteiger partial charge is 0.508 e. The minimum atomic E-state index is -0.319. The molecule has 1 aliphatic carbocycles. The highest BCUT2D eigenvalue weighted by atomic mass is 16.3. The summed E-state index contributed by atoms with van der Waals surface area (Å²) in [5.74, 6) is -0.267. The Labute approximate surface area is 200 Å². The average Bonchev–Trinajstić information content (AvgIpc) is 3.32. The number of carbonyl (C=O) groups is 3. The van der Waals surface area contributed by atoms with E-state index in [0.717, 1.165) is 53.9 Å². The predicted octanol–water partition coefficient (Wildman–Crippen LogP) is 1.87. The summed E-state index contributed by atoms with van der Waals surface area (Å²) in [5, 5.41) is 23.7. The van der Waals surface area contributed by atoms with Gasteiger partial charge in [-0.15, -0.1) is 0 Å². The Hall–Kier alpha value is -4.41. The number of rotatable bonds is 2. The number of fused-ring (bicyclic) bond motifs is 2. The number of phenols is 1. The molecule has 3 aromatic rings. The number of nitrogens with zero attached hydrogens (tertiary/aromatic N) is 2. The van der Waals surface area contributed by atoms with Crippen molar-refractivity contribution in [1.29, 1.82) is 0 Å². The van der Waals surface area contributed by atoms with Crippen molar-refractivity contribution in [3.05, 3.63) is 80.8 Å². The summed E-state index contributed by atoms with van der Waals surface area (Å²) < 4.78 is 0. The summed E-state index contributed by atoms with van der Waals surface area (Å²) in [6.45, 7) is 0.274. The van der Waals surface area contributed by atoms with E-state index in [9.17, 15) is 14.7 Å². The van der Waals surface area contributed by atoms with Crippen LogP contribution in [0, 0.1) is 0 Å². The van der Waals surface area contributed by atoms with Gasteiger partial charge in [0.05, 0.1) is 24.3 Å². The number of carbonyl (C=O) groups excluding carboxylic acids is 1. The van der Waals surface area contributed by atoms with E-state index in [1.807, 2.05) is 6.07 Å². The topological polar surface area (TPSA) is 177 Å². The molecule has 0 radical (unpaired) electrons. The van der Waals surface area contributed by atoms with Crippen molar-refractivity contribution in [1.82, 2.24) is 19.9 Å². The number of aryl methyl sites for hydroxylation is 2. The monoisotopic (exact) mass is 482 g/mol. The lowest BCUT2D eigenvalue weighted by Crippen LogP contribution is -2.41. The second-order valence-corrected chi connectivity index (χ2v) is 8.03. The Morgan fingerprint density at radius 3 is 2.51 bits per heavy atom. The molecule has 1 unspecified atom stereocenters. The summed E-state index contributed by atoms with van der Waals surface area (Å²) in [4.78, 5) is 54.8. The number of aromatic amines is 2. The number of phenolic OH excluding ortho intramolecular Hbond substituents is 1.